The molecule has 0 unspecified atom stereocenters. The molecular weight excluding hydrogens is 458 g/mol. The molecule has 0 aliphatic carbocycles. The molecule has 0 atom stereocenters. The Hall–Kier alpha value is -3.43. The first-order valence-corrected chi connectivity index (χ1v) is 12.8. The topological polar surface area (TPSA) is 105 Å². The standard InChI is InChI=1S/C27H31N5O4/c1-35-18-8-11-31(12-9-18)16-17-14-21-25-22(15-17)36-13-4-2-3-10-32-27(34)20-7-5-6-19(23(20)30-32)24(29-25)26(33)28-21/h5-7,14-15,18,30H,2-4,8-13,16H2,1H3,(H,28,33). The van der Waals surface area contributed by atoms with E-state index in [1.807, 2.05) is 12.1 Å². The Kier molecular flexibility index (Phi) is 6.10. The van der Waals surface area contributed by atoms with Crippen molar-refractivity contribution in [1.29, 1.82) is 0 Å². The van der Waals surface area contributed by atoms with Gasteiger partial charge in [-0.15, -0.1) is 0 Å². The summed E-state index contributed by atoms with van der Waals surface area (Å²) in [5.41, 5.74) is 3.53. The molecule has 9 nitrogen and oxygen atoms in total. The van der Waals surface area contributed by atoms with Crippen LogP contribution in [0.25, 0.3) is 33.2 Å². The number of benzene rings is 2. The molecule has 0 amide bonds. The van der Waals surface area contributed by atoms with E-state index in [0.717, 1.165) is 57.3 Å². The summed E-state index contributed by atoms with van der Waals surface area (Å²) in [5.74, 6) is 0.682. The van der Waals surface area contributed by atoms with Crippen LogP contribution in [0.15, 0.2) is 39.9 Å². The number of piperidine rings is 1. The molecule has 0 radical (unpaired) electrons. The van der Waals surface area contributed by atoms with Gasteiger partial charge >= 0.3 is 0 Å². The molecular formula is C27H31N5O4. The van der Waals surface area contributed by atoms with Crippen molar-refractivity contribution in [1.82, 2.24) is 24.6 Å². The van der Waals surface area contributed by atoms with Crippen LogP contribution in [0.3, 0.4) is 0 Å². The fourth-order valence-corrected chi connectivity index (χ4v) is 5.43. The Balaban J connectivity index is 1.45. The molecule has 4 heterocycles. The maximum atomic E-state index is 13.3. The van der Waals surface area contributed by atoms with Crippen molar-refractivity contribution in [3.8, 4) is 17.0 Å². The van der Waals surface area contributed by atoms with Crippen molar-refractivity contribution in [2.75, 3.05) is 26.8 Å². The van der Waals surface area contributed by atoms with Gasteiger partial charge in [-0.2, -0.15) is 0 Å². The molecule has 6 rings (SSSR count). The van der Waals surface area contributed by atoms with Crippen LogP contribution in [0.2, 0.25) is 0 Å². The fourth-order valence-electron chi connectivity index (χ4n) is 5.43. The Morgan fingerprint density at radius 3 is 2.81 bits per heavy atom. The lowest BCUT2D eigenvalue weighted by Gasteiger charge is -2.31. The molecule has 36 heavy (non-hydrogen) atoms. The van der Waals surface area contributed by atoms with Crippen molar-refractivity contribution in [3.05, 3.63) is 56.6 Å². The molecule has 0 saturated carbocycles. The van der Waals surface area contributed by atoms with E-state index in [-0.39, 0.29) is 16.8 Å². The number of nitrogens with one attached hydrogen (secondary N) is 2. The third-order valence-electron chi connectivity index (χ3n) is 7.42. The third-order valence-corrected chi connectivity index (χ3v) is 7.42. The largest absolute Gasteiger partial charge is 0.491 e. The summed E-state index contributed by atoms with van der Waals surface area (Å²) in [6, 6.07) is 9.48. The zero-order valence-electron chi connectivity index (χ0n) is 20.5. The van der Waals surface area contributed by atoms with Crippen LogP contribution in [-0.4, -0.2) is 57.6 Å². The molecule has 1 fully saturated rings. The SMILES string of the molecule is COC1CCN(Cc2cc3c4nc(c(=O)[nH]c4c2)-c2cccc4c(=O)n([nH]c24)CCCCCO3)CC1. The third kappa shape index (κ3) is 4.22. The number of methoxy groups -OCH3 is 1. The van der Waals surface area contributed by atoms with Gasteiger partial charge in [0.15, 0.2) is 0 Å². The zero-order chi connectivity index (χ0) is 24.6. The summed E-state index contributed by atoms with van der Waals surface area (Å²) in [6.45, 7) is 3.87. The van der Waals surface area contributed by atoms with Gasteiger partial charge in [0.2, 0.25) is 0 Å². The van der Waals surface area contributed by atoms with Crippen molar-refractivity contribution in [2.45, 2.75) is 51.3 Å². The van der Waals surface area contributed by atoms with Gasteiger partial charge in [0, 0.05) is 38.9 Å². The van der Waals surface area contributed by atoms with E-state index in [9.17, 15) is 9.59 Å². The average molecular weight is 490 g/mol. The van der Waals surface area contributed by atoms with E-state index < -0.39 is 0 Å². The van der Waals surface area contributed by atoms with Gasteiger partial charge in [0.05, 0.1) is 29.1 Å². The van der Waals surface area contributed by atoms with Gasteiger partial charge in [0.25, 0.3) is 11.1 Å². The first kappa shape index (κ1) is 23.0. The van der Waals surface area contributed by atoms with Crippen molar-refractivity contribution < 1.29 is 9.47 Å². The van der Waals surface area contributed by atoms with Gasteiger partial charge < -0.3 is 14.5 Å². The van der Waals surface area contributed by atoms with E-state index in [0.29, 0.717) is 52.5 Å². The number of rotatable bonds is 3. The number of aromatic amines is 2. The number of hydrogen-bond acceptors (Lipinski definition) is 6. The van der Waals surface area contributed by atoms with E-state index in [1.165, 1.54) is 0 Å². The minimum absolute atomic E-state index is 0.0740. The first-order chi connectivity index (χ1) is 17.6. The highest BCUT2D eigenvalue weighted by atomic mass is 16.5. The first-order valence-electron chi connectivity index (χ1n) is 12.8. The summed E-state index contributed by atoms with van der Waals surface area (Å²) >= 11 is 0. The van der Waals surface area contributed by atoms with Crippen molar-refractivity contribution >= 4 is 21.9 Å². The lowest BCUT2D eigenvalue weighted by Crippen LogP contribution is -2.36. The predicted octanol–water partition coefficient (Wildman–Crippen LogP) is 3.41. The summed E-state index contributed by atoms with van der Waals surface area (Å²) in [5, 5.41) is 3.79. The van der Waals surface area contributed by atoms with Gasteiger partial charge in [-0.1, -0.05) is 12.1 Å². The predicted molar refractivity (Wildman–Crippen MR) is 139 cm³/mol. The fraction of sp³-hybridized carbons (Fsp3) is 0.444. The quantitative estimate of drug-likeness (QED) is 0.457. The highest BCUT2D eigenvalue weighted by molar-refractivity contribution is 5.93. The smallest absolute Gasteiger partial charge is 0.275 e. The molecule has 2 N–H and O–H groups in total. The van der Waals surface area contributed by atoms with Crippen LogP contribution in [0, 0.1) is 0 Å². The average Bonchev–Trinajstić information content (AvgIpc) is 3.21. The molecule has 4 aromatic rings. The van der Waals surface area contributed by atoms with Crippen LogP contribution in [0.5, 0.6) is 5.75 Å². The molecule has 188 valence electrons. The molecule has 9 heteroatoms. The Bertz CT molecular complexity index is 1530. The lowest BCUT2D eigenvalue weighted by molar-refractivity contribution is 0.0388. The molecule has 1 saturated heterocycles. The highest BCUT2D eigenvalue weighted by Gasteiger charge is 2.21. The molecule has 0 spiro atoms. The number of fused-ring (bicyclic) bond motifs is 3. The second-order valence-corrected chi connectivity index (χ2v) is 9.82. The number of ether oxygens (including phenoxy) is 2. The maximum Gasteiger partial charge on any atom is 0.275 e. The minimum atomic E-state index is -0.292. The van der Waals surface area contributed by atoms with Crippen LogP contribution >= 0.6 is 0 Å². The van der Waals surface area contributed by atoms with Crippen LogP contribution in [0.1, 0.15) is 37.7 Å². The summed E-state index contributed by atoms with van der Waals surface area (Å²) in [4.78, 5) is 36.4. The number of nitrogens with zero attached hydrogens (tertiary/aromatic N) is 3. The number of H-pyrrole nitrogens is 2. The summed E-state index contributed by atoms with van der Waals surface area (Å²) < 4.78 is 13.4. The van der Waals surface area contributed by atoms with Crippen molar-refractivity contribution in [2.24, 2.45) is 0 Å². The van der Waals surface area contributed by atoms with E-state index in [1.54, 1.807) is 23.9 Å². The van der Waals surface area contributed by atoms with Crippen LogP contribution < -0.4 is 15.9 Å². The summed E-state index contributed by atoms with van der Waals surface area (Å²) in [7, 11) is 1.78. The van der Waals surface area contributed by atoms with Crippen molar-refractivity contribution in [3.63, 3.8) is 0 Å². The molecule has 2 aliphatic heterocycles. The molecule has 2 aliphatic rings. The van der Waals surface area contributed by atoms with Gasteiger partial charge in [0.1, 0.15) is 17.0 Å². The Morgan fingerprint density at radius 2 is 1.97 bits per heavy atom. The summed E-state index contributed by atoms with van der Waals surface area (Å²) in [6.07, 6.45) is 5.04. The second-order valence-electron chi connectivity index (χ2n) is 9.82. The number of likely N-dealkylation sites (tertiary alicyclic amines) is 1. The highest BCUT2D eigenvalue weighted by Crippen LogP contribution is 2.30. The number of aryl methyl sites for hydroxylation is 1. The van der Waals surface area contributed by atoms with Crippen LogP contribution in [0.4, 0.5) is 0 Å². The molecule has 4 bridgehead atoms. The Labute approximate surface area is 208 Å². The van der Waals surface area contributed by atoms with Gasteiger partial charge in [-0.3, -0.25) is 24.3 Å². The van der Waals surface area contributed by atoms with E-state index in [4.69, 9.17) is 14.5 Å². The number of hydrogen-bond donors (Lipinski definition) is 2. The Morgan fingerprint density at radius 1 is 1.11 bits per heavy atom. The van der Waals surface area contributed by atoms with E-state index >= 15 is 0 Å². The normalized spacial score (nSPS) is 17.6. The lowest BCUT2D eigenvalue weighted by atomic mass is 10.1. The molecule has 2 aromatic heterocycles. The number of para-hydroxylation sites is 1. The van der Waals surface area contributed by atoms with Gasteiger partial charge in [-0.25, -0.2) is 4.98 Å². The minimum Gasteiger partial charge on any atom is -0.491 e. The number of aromatic nitrogens is 4. The maximum absolute atomic E-state index is 13.3. The monoisotopic (exact) mass is 489 g/mol. The van der Waals surface area contributed by atoms with Crippen LogP contribution in [-0.2, 0) is 17.8 Å². The zero-order valence-corrected chi connectivity index (χ0v) is 20.5. The van der Waals surface area contributed by atoms with Gasteiger partial charge in [-0.05, 0) is 55.9 Å². The molecule has 2 aromatic carbocycles. The second kappa shape index (κ2) is 9.55. The van der Waals surface area contributed by atoms with E-state index in [2.05, 4.69) is 21.0 Å².